The highest BCUT2D eigenvalue weighted by molar-refractivity contribution is 5.31. The van der Waals surface area contributed by atoms with Crippen LogP contribution < -0.4 is 5.32 Å². The topological polar surface area (TPSA) is 12.0 Å². The van der Waals surface area contributed by atoms with E-state index in [0.717, 1.165) is 24.8 Å². The standard InChI is InChI=1S/C14H17F2N/c1-17-14(10-6-3-2-4-7-10)13-11(15)8-5-9-12(13)16/h5-6,8-9,14,17H,2-4,7H2,1H3. The van der Waals surface area contributed by atoms with E-state index in [1.54, 1.807) is 7.05 Å². The van der Waals surface area contributed by atoms with Crippen LogP contribution in [-0.4, -0.2) is 7.05 Å². The Morgan fingerprint density at radius 2 is 1.88 bits per heavy atom. The zero-order valence-electron chi connectivity index (χ0n) is 9.97. The van der Waals surface area contributed by atoms with E-state index in [4.69, 9.17) is 0 Å². The van der Waals surface area contributed by atoms with Crippen LogP contribution in [0.25, 0.3) is 0 Å². The van der Waals surface area contributed by atoms with Gasteiger partial charge in [-0.05, 0) is 44.9 Å². The van der Waals surface area contributed by atoms with Crippen molar-refractivity contribution in [2.75, 3.05) is 7.05 Å². The summed E-state index contributed by atoms with van der Waals surface area (Å²) in [6, 6.07) is 3.69. The van der Waals surface area contributed by atoms with Crippen LogP contribution in [0.3, 0.4) is 0 Å². The van der Waals surface area contributed by atoms with E-state index >= 15 is 0 Å². The molecule has 1 atom stereocenters. The molecule has 92 valence electrons. The predicted molar refractivity (Wildman–Crippen MR) is 64.7 cm³/mol. The molecule has 3 heteroatoms. The molecule has 0 amide bonds. The fourth-order valence-electron chi connectivity index (χ4n) is 2.43. The predicted octanol–water partition coefficient (Wildman–Crippen LogP) is 3.73. The smallest absolute Gasteiger partial charge is 0.131 e. The Labute approximate surface area is 101 Å². The minimum absolute atomic E-state index is 0.142. The van der Waals surface area contributed by atoms with E-state index < -0.39 is 11.6 Å². The van der Waals surface area contributed by atoms with Crippen LogP contribution in [-0.2, 0) is 0 Å². The van der Waals surface area contributed by atoms with Crippen LogP contribution in [0.2, 0.25) is 0 Å². The summed E-state index contributed by atoms with van der Waals surface area (Å²) in [5.74, 6) is -0.952. The molecule has 0 aromatic heterocycles. The molecule has 0 spiro atoms. The lowest BCUT2D eigenvalue weighted by Gasteiger charge is -2.24. The summed E-state index contributed by atoms with van der Waals surface area (Å²) in [7, 11) is 1.74. The third-order valence-corrected chi connectivity index (χ3v) is 3.27. The van der Waals surface area contributed by atoms with E-state index in [2.05, 4.69) is 11.4 Å². The number of allylic oxidation sites excluding steroid dienone is 1. The van der Waals surface area contributed by atoms with Gasteiger partial charge in [0.1, 0.15) is 11.6 Å². The van der Waals surface area contributed by atoms with Crippen molar-refractivity contribution < 1.29 is 8.78 Å². The lowest BCUT2D eigenvalue weighted by molar-refractivity contribution is 0.503. The summed E-state index contributed by atoms with van der Waals surface area (Å²) < 4.78 is 27.5. The maximum absolute atomic E-state index is 13.7. The van der Waals surface area contributed by atoms with Crippen LogP contribution in [0.1, 0.15) is 37.3 Å². The zero-order chi connectivity index (χ0) is 12.3. The van der Waals surface area contributed by atoms with Gasteiger partial charge in [0, 0.05) is 5.56 Å². The first-order valence-electron chi connectivity index (χ1n) is 6.04. The summed E-state index contributed by atoms with van der Waals surface area (Å²) in [5.41, 5.74) is 1.24. The molecule has 1 aromatic rings. The molecule has 0 bridgehead atoms. The molecule has 0 heterocycles. The molecular formula is C14H17F2N. The van der Waals surface area contributed by atoms with Crippen molar-refractivity contribution in [3.63, 3.8) is 0 Å². The Balaban J connectivity index is 2.38. The molecule has 0 radical (unpaired) electrons. The van der Waals surface area contributed by atoms with Gasteiger partial charge in [0.25, 0.3) is 0 Å². The van der Waals surface area contributed by atoms with Crippen molar-refractivity contribution in [3.05, 3.63) is 47.0 Å². The largest absolute Gasteiger partial charge is 0.309 e. The molecular weight excluding hydrogens is 220 g/mol. The summed E-state index contributed by atoms with van der Waals surface area (Å²) in [6.07, 6.45) is 6.29. The number of hydrogen-bond acceptors (Lipinski definition) is 1. The first-order valence-corrected chi connectivity index (χ1v) is 6.04. The highest BCUT2D eigenvalue weighted by atomic mass is 19.1. The molecule has 1 aliphatic rings. The van der Waals surface area contributed by atoms with Crippen LogP contribution in [0.15, 0.2) is 29.8 Å². The summed E-state index contributed by atoms with van der Waals surface area (Å²) in [4.78, 5) is 0. The van der Waals surface area contributed by atoms with Gasteiger partial charge in [0.2, 0.25) is 0 Å². The van der Waals surface area contributed by atoms with E-state index in [9.17, 15) is 8.78 Å². The van der Waals surface area contributed by atoms with Crippen molar-refractivity contribution in [1.29, 1.82) is 0 Å². The first kappa shape index (κ1) is 12.2. The van der Waals surface area contributed by atoms with Crippen LogP contribution in [0.4, 0.5) is 8.78 Å². The Kier molecular flexibility index (Phi) is 3.89. The molecule has 0 saturated carbocycles. The molecule has 0 saturated heterocycles. The highest BCUT2D eigenvalue weighted by Gasteiger charge is 2.22. The maximum Gasteiger partial charge on any atom is 0.131 e. The molecule has 0 fully saturated rings. The van der Waals surface area contributed by atoms with E-state index in [1.165, 1.54) is 24.6 Å². The third-order valence-electron chi connectivity index (χ3n) is 3.27. The maximum atomic E-state index is 13.7. The van der Waals surface area contributed by atoms with Crippen molar-refractivity contribution in [3.8, 4) is 0 Å². The second-order valence-electron chi connectivity index (χ2n) is 4.38. The second-order valence-corrected chi connectivity index (χ2v) is 4.38. The average Bonchev–Trinajstić information content (AvgIpc) is 2.35. The van der Waals surface area contributed by atoms with E-state index in [-0.39, 0.29) is 11.6 Å². The lowest BCUT2D eigenvalue weighted by Crippen LogP contribution is -2.22. The van der Waals surface area contributed by atoms with Crippen molar-refractivity contribution in [2.24, 2.45) is 0 Å². The average molecular weight is 237 g/mol. The quantitative estimate of drug-likeness (QED) is 0.790. The van der Waals surface area contributed by atoms with Crippen LogP contribution in [0.5, 0.6) is 0 Å². The highest BCUT2D eigenvalue weighted by Crippen LogP contribution is 2.32. The Hall–Kier alpha value is -1.22. The van der Waals surface area contributed by atoms with Gasteiger partial charge in [-0.25, -0.2) is 8.78 Å². The van der Waals surface area contributed by atoms with Gasteiger partial charge in [-0.2, -0.15) is 0 Å². The number of rotatable bonds is 3. The van der Waals surface area contributed by atoms with E-state index in [0.29, 0.717) is 0 Å². The number of hydrogen-bond donors (Lipinski definition) is 1. The minimum Gasteiger partial charge on any atom is -0.309 e. The Morgan fingerprint density at radius 1 is 1.18 bits per heavy atom. The summed E-state index contributed by atoms with van der Waals surface area (Å²) in [5, 5.41) is 3.02. The fourth-order valence-corrected chi connectivity index (χ4v) is 2.43. The third kappa shape index (κ3) is 2.55. The van der Waals surface area contributed by atoms with Crippen molar-refractivity contribution >= 4 is 0 Å². The van der Waals surface area contributed by atoms with Crippen LogP contribution in [0, 0.1) is 11.6 Å². The lowest BCUT2D eigenvalue weighted by atomic mass is 9.89. The Morgan fingerprint density at radius 3 is 2.41 bits per heavy atom. The van der Waals surface area contributed by atoms with E-state index in [1.807, 2.05) is 0 Å². The van der Waals surface area contributed by atoms with Crippen molar-refractivity contribution in [2.45, 2.75) is 31.7 Å². The van der Waals surface area contributed by atoms with Gasteiger partial charge >= 0.3 is 0 Å². The van der Waals surface area contributed by atoms with Gasteiger partial charge in [-0.3, -0.25) is 0 Å². The minimum atomic E-state index is -0.476. The fraction of sp³-hybridized carbons (Fsp3) is 0.429. The van der Waals surface area contributed by atoms with Gasteiger partial charge in [0.15, 0.2) is 0 Å². The second kappa shape index (κ2) is 5.41. The number of likely N-dealkylation sites (N-methyl/N-ethyl adjacent to an activating group) is 1. The SMILES string of the molecule is CNC(C1=CCCCC1)c1c(F)cccc1F. The molecule has 17 heavy (non-hydrogen) atoms. The normalized spacial score (nSPS) is 17.7. The summed E-state index contributed by atoms with van der Waals surface area (Å²) in [6.45, 7) is 0. The van der Waals surface area contributed by atoms with Gasteiger partial charge in [0.05, 0.1) is 6.04 Å². The molecule has 1 aromatic carbocycles. The molecule has 1 aliphatic carbocycles. The van der Waals surface area contributed by atoms with Gasteiger partial charge < -0.3 is 5.32 Å². The van der Waals surface area contributed by atoms with Gasteiger partial charge in [-0.15, -0.1) is 0 Å². The number of benzene rings is 1. The number of halogens is 2. The Bertz CT molecular complexity index is 406. The molecule has 1 nitrogen and oxygen atoms in total. The number of nitrogens with one attached hydrogen (secondary N) is 1. The molecule has 1 N–H and O–H groups in total. The molecule has 0 aliphatic heterocycles. The first-order chi connectivity index (χ1) is 8.24. The van der Waals surface area contributed by atoms with Crippen LogP contribution >= 0.6 is 0 Å². The summed E-state index contributed by atoms with van der Waals surface area (Å²) >= 11 is 0. The molecule has 1 unspecified atom stereocenters. The zero-order valence-corrected chi connectivity index (χ0v) is 9.97. The monoisotopic (exact) mass is 237 g/mol. The molecule has 2 rings (SSSR count). The van der Waals surface area contributed by atoms with Gasteiger partial charge in [-0.1, -0.05) is 17.7 Å². The van der Waals surface area contributed by atoms with Crippen molar-refractivity contribution in [1.82, 2.24) is 5.32 Å².